The number of cyclic esters (lactones) is 1. The number of rotatable bonds is 0. The van der Waals surface area contributed by atoms with Crippen molar-refractivity contribution in [1.29, 1.82) is 0 Å². The molecule has 1 saturated heterocycles. The average molecular weight is 154 g/mol. The molecule has 11 heavy (non-hydrogen) atoms. The Kier molecular flexibility index (Phi) is 1.78. The fourth-order valence-electron chi connectivity index (χ4n) is 1.04. The Balaban J connectivity index is 2.68. The van der Waals surface area contributed by atoms with Crippen molar-refractivity contribution >= 4 is 5.97 Å². The lowest BCUT2D eigenvalue weighted by atomic mass is 9.87. The van der Waals surface area contributed by atoms with Crippen LogP contribution in [-0.2, 0) is 9.53 Å². The fraction of sp³-hybridized carbons (Fsp3) is 0.667. The van der Waals surface area contributed by atoms with Crippen LogP contribution >= 0.6 is 0 Å². The van der Waals surface area contributed by atoms with Gasteiger partial charge in [-0.3, -0.25) is 0 Å². The van der Waals surface area contributed by atoms with E-state index < -0.39 is 0 Å². The van der Waals surface area contributed by atoms with Crippen LogP contribution in [0.5, 0.6) is 0 Å². The molecule has 1 aliphatic heterocycles. The largest absolute Gasteiger partial charge is 0.458 e. The molecule has 0 aliphatic carbocycles. The van der Waals surface area contributed by atoms with Crippen LogP contribution in [-0.4, -0.2) is 12.1 Å². The zero-order valence-corrected chi connectivity index (χ0v) is 7.31. The minimum atomic E-state index is -0.232. The highest BCUT2D eigenvalue weighted by atomic mass is 16.6. The highest BCUT2D eigenvalue weighted by molar-refractivity contribution is 5.89. The van der Waals surface area contributed by atoms with Gasteiger partial charge < -0.3 is 4.74 Å². The van der Waals surface area contributed by atoms with E-state index in [1.54, 1.807) is 0 Å². The maximum absolute atomic E-state index is 10.9. The summed E-state index contributed by atoms with van der Waals surface area (Å²) < 4.78 is 5.10. The van der Waals surface area contributed by atoms with E-state index in [4.69, 9.17) is 4.74 Å². The number of carbonyl (C=O) groups is 1. The molecule has 1 atom stereocenters. The van der Waals surface area contributed by atoms with Crippen LogP contribution in [0, 0.1) is 5.41 Å². The minimum absolute atomic E-state index is 0.0162. The molecule has 0 unspecified atom stereocenters. The third-order valence-corrected chi connectivity index (χ3v) is 1.94. The van der Waals surface area contributed by atoms with Crippen molar-refractivity contribution in [3.8, 4) is 0 Å². The summed E-state index contributed by atoms with van der Waals surface area (Å²) in [6.07, 6.45) is 0.699. The van der Waals surface area contributed by atoms with Crippen LogP contribution in [0.4, 0.5) is 0 Å². The van der Waals surface area contributed by atoms with Gasteiger partial charge in [0.1, 0.15) is 6.10 Å². The van der Waals surface area contributed by atoms with Gasteiger partial charge in [-0.15, -0.1) is 0 Å². The normalized spacial score (nSPS) is 25.5. The van der Waals surface area contributed by atoms with Gasteiger partial charge in [-0.2, -0.15) is 0 Å². The SMILES string of the molecule is C=C1C[C@H](C(C)(C)C)OC1=O. The quantitative estimate of drug-likeness (QED) is 0.393. The summed E-state index contributed by atoms with van der Waals surface area (Å²) in [6.45, 7) is 9.80. The molecule has 0 bridgehead atoms. The van der Waals surface area contributed by atoms with E-state index in [0.29, 0.717) is 12.0 Å². The van der Waals surface area contributed by atoms with Crippen molar-refractivity contribution < 1.29 is 9.53 Å². The number of hydrogen-bond donors (Lipinski definition) is 0. The molecule has 62 valence electrons. The standard InChI is InChI=1S/C9H14O2/c1-6-5-7(9(2,3)4)11-8(6)10/h7H,1,5H2,2-4H3/t7-/m1/s1. The topological polar surface area (TPSA) is 26.3 Å². The van der Waals surface area contributed by atoms with Gasteiger partial charge in [0.05, 0.1) is 0 Å². The van der Waals surface area contributed by atoms with Crippen LogP contribution in [0.2, 0.25) is 0 Å². The molecule has 0 spiro atoms. The first-order chi connectivity index (χ1) is 4.91. The molecular formula is C9H14O2. The van der Waals surface area contributed by atoms with E-state index in [2.05, 4.69) is 27.4 Å². The summed E-state index contributed by atoms with van der Waals surface area (Å²) in [5.41, 5.74) is 0.639. The van der Waals surface area contributed by atoms with E-state index >= 15 is 0 Å². The van der Waals surface area contributed by atoms with Crippen molar-refractivity contribution in [2.24, 2.45) is 5.41 Å². The summed E-state index contributed by atoms with van der Waals surface area (Å²) in [5.74, 6) is -0.232. The fourth-order valence-corrected chi connectivity index (χ4v) is 1.04. The van der Waals surface area contributed by atoms with Gasteiger partial charge in [-0.1, -0.05) is 27.4 Å². The Bertz CT molecular complexity index is 182. The first kappa shape index (κ1) is 8.31. The van der Waals surface area contributed by atoms with Gasteiger partial charge in [0.2, 0.25) is 0 Å². The van der Waals surface area contributed by atoms with Gasteiger partial charge in [0.25, 0.3) is 0 Å². The van der Waals surface area contributed by atoms with Crippen LogP contribution in [0.15, 0.2) is 12.2 Å². The zero-order chi connectivity index (χ0) is 8.65. The monoisotopic (exact) mass is 154 g/mol. The van der Waals surface area contributed by atoms with Crippen LogP contribution in [0.1, 0.15) is 27.2 Å². The third kappa shape index (κ3) is 1.62. The van der Waals surface area contributed by atoms with Gasteiger partial charge in [-0.25, -0.2) is 4.79 Å². The molecule has 0 aromatic heterocycles. The highest BCUT2D eigenvalue weighted by Crippen LogP contribution is 2.32. The van der Waals surface area contributed by atoms with E-state index in [1.807, 2.05) is 0 Å². The van der Waals surface area contributed by atoms with Gasteiger partial charge in [-0.05, 0) is 5.41 Å². The summed E-state index contributed by atoms with van der Waals surface area (Å²) in [4.78, 5) is 10.9. The summed E-state index contributed by atoms with van der Waals surface area (Å²) >= 11 is 0. The molecule has 1 fully saturated rings. The first-order valence-electron chi connectivity index (χ1n) is 3.80. The third-order valence-electron chi connectivity index (χ3n) is 1.94. The molecule has 0 N–H and O–H groups in total. The van der Waals surface area contributed by atoms with E-state index in [0.717, 1.165) is 0 Å². The highest BCUT2D eigenvalue weighted by Gasteiger charge is 2.35. The second kappa shape index (κ2) is 2.36. The summed E-state index contributed by atoms with van der Waals surface area (Å²) in [6, 6.07) is 0. The first-order valence-corrected chi connectivity index (χ1v) is 3.80. The lowest BCUT2D eigenvalue weighted by Crippen LogP contribution is -2.25. The lowest BCUT2D eigenvalue weighted by molar-refractivity contribution is -0.142. The Hall–Kier alpha value is -0.790. The summed E-state index contributed by atoms with van der Waals surface area (Å²) in [5, 5.41) is 0. The predicted molar refractivity (Wildman–Crippen MR) is 43.1 cm³/mol. The van der Waals surface area contributed by atoms with Gasteiger partial charge >= 0.3 is 5.97 Å². The van der Waals surface area contributed by atoms with E-state index in [9.17, 15) is 4.79 Å². The molecule has 0 aromatic rings. The van der Waals surface area contributed by atoms with E-state index in [-0.39, 0.29) is 17.5 Å². The molecule has 1 aliphatic rings. The van der Waals surface area contributed by atoms with Crippen LogP contribution < -0.4 is 0 Å². The smallest absolute Gasteiger partial charge is 0.333 e. The molecular weight excluding hydrogens is 140 g/mol. The Morgan fingerprint density at radius 3 is 2.27 bits per heavy atom. The molecule has 0 aromatic carbocycles. The maximum atomic E-state index is 10.9. The molecule has 2 heteroatoms. The minimum Gasteiger partial charge on any atom is -0.458 e. The van der Waals surface area contributed by atoms with Crippen LogP contribution in [0.3, 0.4) is 0 Å². The second-order valence-corrected chi connectivity index (χ2v) is 4.07. The van der Waals surface area contributed by atoms with Crippen molar-refractivity contribution in [3.63, 3.8) is 0 Å². The predicted octanol–water partition coefficient (Wildman–Crippen LogP) is 1.90. The number of ether oxygens (including phenoxy) is 1. The molecule has 0 radical (unpaired) electrons. The Labute approximate surface area is 67.2 Å². The number of hydrogen-bond acceptors (Lipinski definition) is 2. The molecule has 1 heterocycles. The van der Waals surface area contributed by atoms with Crippen molar-refractivity contribution in [2.75, 3.05) is 0 Å². The van der Waals surface area contributed by atoms with E-state index in [1.165, 1.54) is 0 Å². The Morgan fingerprint density at radius 1 is 1.55 bits per heavy atom. The average Bonchev–Trinajstić information content (AvgIpc) is 2.11. The molecule has 1 rings (SSSR count). The van der Waals surface area contributed by atoms with Crippen LogP contribution in [0.25, 0.3) is 0 Å². The number of carbonyl (C=O) groups excluding carboxylic acids is 1. The lowest BCUT2D eigenvalue weighted by Gasteiger charge is -2.24. The van der Waals surface area contributed by atoms with Crippen molar-refractivity contribution in [1.82, 2.24) is 0 Å². The number of esters is 1. The van der Waals surface area contributed by atoms with Crippen molar-refractivity contribution in [2.45, 2.75) is 33.3 Å². The maximum Gasteiger partial charge on any atom is 0.333 e. The van der Waals surface area contributed by atoms with Gasteiger partial charge in [0, 0.05) is 12.0 Å². The van der Waals surface area contributed by atoms with Gasteiger partial charge in [0.15, 0.2) is 0 Å². The molecule has 0 saturated carbocycles. The van der Waals surface area contributed by atoms with Crippen molar-refractivity contribution in [3.05, 3.63) is 12.2 Å². The zero-order valence-electron chi connectivity index (χ0n) is 7.31. The molecule has 0 amide bonds. The molecule has 2 nitrogen and oxygen atoms in total. The summed E-state index contributed by atoms with van der Waals surface area (Å²) in [7, 11) is 0. The second-order valence-electron chi connectivity index (χ2n) is 4.07. The Morgan fingerprint density at radius 2 is 2.09 bits per heavy atom.